The summed E-state index contributed by atoms with van der Waals surface area (Å²) in [4.78, 5) is 0. The zero-order valence-corrected chi connectivity index (χ0v) is 15.9. The maximum atomic E-state index is 12.4. The summed E-state index contributed by atoms with van der Waals surface area (Å²) in [5.41, 5.74) is 1.29. The highest BCUT2D eigenvalue weighted by Crippen LogP contribution is 2.26. The number of benzene rings is 1. The summed E-state index contributed by atoms with van der Waals surface area (Å²) in [7, 11) is 0. The highest BCUT2D eigenvalue weighted by molar-refractivity contribution is 5.66. The van der Waals surface area contributed by atoms with Gasteiger partial charge in [0.2, 0.25) is 5.88 Å². The van der Waals surface area contributed by atoms with Crippen LogP contribution in [0.25, 0.3) is 5.57 Å². The lowest BCUT2D eigenvalue weighted by Crippen LogP contribution is -2.21. The highest BCUT2D eigenvalue weighted by Gasteiger charge is 2.31. The van der Waals surface area contributed by atoms with E-state index >= 15 is 0 Å². The van der Waals surface area contributed by atoms with Crippen molar-refractivity contribution in [3.05, 3.63) is 48.2 Å². The Hall–Kier alpha value is -2.81. The van der Waals surface area contributed by atoms with Crippen LogP contribution in [0.1, 0.15) is 25.3 Å². The van der Waals surface area contributed by atoms with Gasteiger partial charge in [-0.25, -0.2) is 0 Å². The smallest absolute Gasteiger partial charge is 0.476 e. The maximum absolute atomic E-state index is 12.4. The van der Waals surface area contributed by atoms with Crippen molar-refractivity contribution in [1.29, 1.82) is 0 Å². The van der Waals surface area contributed by atoms with Crippen LogP contribution in [0.3, 0.4) is 0 Å². The number of hydrogen-bond acceptors (Lipinski definition) is 6. The number of rotatable bonds is 7. The van der Waals surface area contributed by atoms with Crippen molar-refractivity contribution in [2.45, 2.75) is 26.1 Å². The molecule has 0 amide bonds. The van der Waals surface area contributed by atoms with Gasteiger partial charge in [-0.2, -0.15) is 0 Å². The van der Waals surface area contributed by atoms with Gasteiger partial charge in [-0.05, 0) is 55.0 Å². The average Bonchev–Trinajstić information content (AvgIpc) is 2.71. The van der Waals surface area contributed by atoms with E-state index in [9.17, 15) is 13.2 Å². The molecule has 0 spiro atoms. The zero-order valence-electron chi connectivity index (χ0n) is 15.9. The largest absolute Gasteiger partial charge is 0.573 e. The standard InChI is InChI=1S/C20H22F3N3O3/c1-14(16-3-2-4-17(11-16)29-20(21,22)23)12-24-18-5-6-19(26-25-18)28-13-15-7-9-27-10-8-15/h2-6,11-12,15H,7-10,13H2,1H3,(H,24,25)/b14-12+. The van der Waals surface area contributed by atoms with Gasteiger partial charge in [-0.15, -0.1) is 23.4 Å². The molecule has 6 nitrogen and oxygen atoms in total. The summed E-state index contributed by atoms with van der Waals surface area (Å²) in [5.74, 6) is 1.13. The van der Waals surface area contributed by atoms with Gasteiger partial charge >= 0.3 is 6.36 Å². The van der Waals surface area contributed by atoms with E-state index < -0.39 is 6.36 Å². The monoisotopic (exact) mass is 409 g/mol. The summed E-state index contributed by atoms with van der Waals surface area (Å²) >= 11 is 0. The number of allylic oxidation sites excluding steroid dienone is 1. The van der Waals surface area contributed by atoms with Crippen molar-refractivity contribution in [2.75, 3.05) is 25.1 Å². The van der Waals surface area contributed by atoms with Gasteiger partial charge in [0.25, 0.3) is 0 Å². The first-order valence-electron chi connectivity index (χ1n) is 9.23. The van der Waals surface area contributed by atoms with Crippen LogP contribution in [0, 0.1) is 5.92 Å². The lowest BCUT2D eigenvalue weighted by molar-refractivity contribution is -0.274. The van der Waals surface area contributed by atoms with Gasteiger partial charge in [0.05, 0.1) is 6.61 Å². The van der Waals surface area contributed by atoms with Crippen molar-refractivity contribution >= 4 is 11.4 Å². The van der Waals surface area contributed by atoms with Crippen LogP contribution in [-0.4, -0.2) is 36.4 Å². The normalized spacial score (nSPS) is 15.8. The van der Waals surface area contributed by atoms with E-state index in [0.29, 0.717) is 35.4 Å². The molecule has 3 rings (SSSR count). The third-order valence-corrected chi connectivity index (χ3v) is 4.41. The number of anilines is 1. The van der Waals surface area contributed by atoms with Gasteiger partial charge < -0.3 is 19.5 Å². The van der Waals surface area contributed by atoms with Gasteiger partial charge in [-0.3, -0.25) is 0 Å². The average molecular weight is 409 g/mol. The van der Waals surface area contributed by atoms with Crippen LogP contribution in [0.4, 0.5) is 19.0 Å². The number of aromatic nitrogens is 2. The summed E-state index contributed by atoms with van der Waals surface area (Å²) < 4.78 is 52.0. The fraction of sp³-hybridized carbons (Fsp3) is 0.400. The van der Waals surface area contributed by atoms with E-state index in [0.717, 1.165) is 26.1 Å². The summed E-state index contributed by atoms with van der Waals surface area (Å²) in [6.07, 6.45) is -1.13. The first-order valence-corrected chi connectivity index (χ1v) is 9.23. The van der Waals surface area contributed by atoms with Crippen molar-refractivity contribution < 1.29 is 27.4 Å². The number of ether oxygens (including phenoxy) is 3. The van der Waals surface area contributed by atoms with Crippen molar-refractivity contribution in [3.8, 4) is 11.6 Å². The molecule has 1 aliphatic rings. The number of alkyl halides is 3. The Bertz CT molecular complexity index is 820. The predicted octanol–water partition coefficient (Wildman–Crippen LogP) is 4.65. The Morgan fingerprint density at radius 1 is 1.21 bits per heavy atom. The third kappa shape index (κ3) is 6.94. The van der Waals surface area contributed by atoms with Crippen molar-refractivity contribution in [2.24, 2.45) is 5.92 Å². The van der Waals surface area contributed by atoms with E-state index in [1.54, 1.807) is 31.3 Å². The number of hydrogen-bond donors (Lipinski definition) is 1. The quantitative estimate of drug-likeness (QED) is 0.718. The molecule has 1 aromatic carbocycles. The topological polar surface area (TPSA) is 65.5 Å². The molecule has 1 saturated heterocycles. The Labute approximate surface area is 166 Å². The second-order valence-electron chi connectivity index (χ2n) is 6.67. The van der Waals surface area contributed by atoms with Crippen LogP contribution >= 0.6 is 0 Å². The first kappa shape index (κ1) is 20.9. The second kappa shape index (κ2) is 9.60. The molecular formula is C20H22F3N3O3. The first-order chi connectivity index (χ1) is 13.9. The molecule has 9 heteroatoms. The minimum Gasteiger partial charge on any atom is -0.476 e. The number of nitrogens with one attached hydrogen (secondary N) is 1. The molecule has 1 fully saturated rings. The van der Waals surface area contributed by atoms with E-state index in [1.807, 2.05) is 0 Å². The molecule has 0 bridgehead atoms. The molecule has 2 aromatic rings. The van der Waals surface area contributed by atoms with Crippen LogP contribution in [0.2, 0.25) is 0 Å². The Kier molecular flexibility index (Phi) is 6.92. The Morgan fingerprint density at radius 3 is 2.69 bits per heavy atom. The van der Waals surface area contributed by atoms with E-state index in [4.69, 9.17) is 9.47 Å². The number of nitrogens with zero attached hydrogens (tertiary/aromatic N) is 2. The van der Waals surface area contributed by atoms with E-state index in [2.05, 4.69) is 20.3 Å². The van der Waals surface area contributed by atoms with Crippen LogP contribution in [0.5, 0.6) is 11.6 Å². The Morgan fingerprint density at radius 2 is 2.00 bits per heavy atom. The van der Waals surface area contributed by atoms with E-state index in [1.165, 1.54) is 18.2 Å². The van der Waals surface area contributed by atoms with Crippen LogP contribution in [-0.2, 0) is 4.74 Å². The van der Waals surface area contributed by atoms with Gasteiger partial charge in [0, 0.05) is 25.5 Å². The van der Waals surface area contributed by atoms with Gasteiger partial charge in [0.1, 0.15) is 5.75 Å². The van der Waals surface area contributed by atoms with Crippen molar-refractivity contribution in [3.63, 3.8) is 0 Å². The highest BCUT2D eigenvalue weighted by atomic mass is 19.4. The molecule has 1 aromatic heterocycles. The molecule has 0 atom stereocenters. The fourth-order valence-electron chi connectivity index (χ4n) is 2.79. The van der Waals surface area contributed by atoms with Crippen molar-refractivity contribution in [1.82, 2.24) is 10.2 Å². The molecule has 1 aliphatic heterocycles. The fourth-order valence-corrected chi connectivity index (χ4v) is 2.79. The summed E-state index contributed by atoms with van der Waals surface area (Å²) in [5, 5.41) is 11.0. The van der Waals surface area contributed by atoms with Crippen LogP contribution in [0.15, 0.2) is 42.6 Å². The van der Waals surface area contributed by atoms with E-state index in [-0.39, 0.29) is 5.75 Å². The molecule has 0 unspecified atom stereocenters. The molecule has 2 heterocycles. The third-order valence-electron chi connectivity index (χ3n) is 4.41. The minimum absolute atomic E-state index is 0.270. The lowest BCUT2D eigenvalue weighted by atomic mass is 10.0. The SMILES string of the molecule is C/C(=C\Nc1ccc(OCC2CCOCC2)nn1)c1cccc(OC(F)(F)F)c1. The molecule has 0 radical (unpaired) electrons. The number of halogens is 3. The predicted molar refractivity (Wildman–Crippen MR) is 101 cm³/mol. The zero-order chi connectivity index (χ0) is 20.7. The molecule has 1 N–H and O–H groups in total. The molecule has 0 aliphatic carbocycles. The molecular weight excluding hydrogens is 387 g/mol. The Balaban J connectivity index is 1.54. The molecule has 156 valence electrons. The lowest BCUT2D eigenvalue weighted by Gasteiger charge is -2.21. The summed E-state index contributed by atoms with van der Waals surface area (Å²) in [6.45, 7) is 3.87. The molecule has 29 heavy (non-hydrogen) atoms. The second-order valence-corrected chi connectivity index (χ2v) is 6.67. The van der Waals surface area contributed by atoms with Gasteiger partial charge in [0.15, 0.2) is 5.82 Å². The minimum atomic E-state index is -4.72. The van der Waals surface area contributed by atoms with Gasteiger partial charge in [-0.1, -0.05) is 12.1 Å². The van der Waals surface area contributed by atoms with Crippen LogP contribution < -0.4 is 14.8 Å². The summed E-state index contributed by atoms with van der Waals surface area (Å²) in [6, 6.07) is 9.20. The molecule has 0 saturated carbocycles. The maximum Gasteiger partial charge on any atom is 0.573 e.